The number of fused-ring (bicyclic) bond motifs is 1. The average Bonchev–Trinajstić information content (AvgIpc) is 2.86. The molecule has 0 radical (unpaired) electrons. The Labute approximate surface area is 224 Å². The molecule has 0 bridgehead atoms. The topological polar surface area (TPSA) is 105 Å². The van der Waals surface area contributed by atoms with Crippen LogP contribution in [-0.2, 0) is 26.2 Å². The largest absolute Gasteiger partial charge is 0.486 e. The summed E-state index contributed by atoms with van der Waals surface area (Å²) >= 11 is 0. The molecule has 2 aromatic carbocycles. The highest BCUT2D eigenvalue weighted by molar-refractivity contribution is 7.92. The van der Waals surface area contributed by atoms with Crippen molar-refractivity contribution in [3.63, 3.8) is 0 Å². The van der Waals surface area contributed by atoms with Gasteiger partial charge in [0, 0.05) is 31.6 Å². The van der Waals surface area contributed by atoms with Crippen LogP contribution in [0.15, 0.2) is 42.5 Å². The molecule has 1 heterocycles. The summed E-state index contributed by atoms with van der Waals surface area (Å²) in [4.78, 5) is 27.8. The van der Waals surface area contributed by atoms with Gasteiger partial charge in [-0.25, -0.2) is 12.8 Å². The Bertz CT molecular complexity index is 1220. The van der Waals surface area contributed by atoms with Crippen molar-refractivity contribution in [3.05, 3.63) is 53.8 Å². The lowest BCUT2D eigenvalue weighted by Gasteiger charge is -2.31. The van der Waals surface area contributed by atoms with Crippen LogP contribution in [-0.4, -0.2) is 63.2 Å². The van der Waals surface area contributed by atoms with Crippen LogP contribution in [0, 0.1) is 5.82 Å². The van der Waals surface area contributed by atoms with E-state index in [4.69, 9.17) is 9.47 Å². The smallest absolute Gasteiger partial charge is 0.243 e. The van der Waals surface area contributed by atoms with Crippen molar-refractivity contribution in [2.24, 2.45) is 0 Å². The molecule has 1 aliphatic rings. The number of anilines is 1. The fourth-order valence-corrected chi connectivity index (χ4v) is 5.24. The number of carbonyl (C=O) groups excluding carboxylic acids is 2. The Kier molecular flexibility index (Phi) is 9.96. The molecule has 0 saturated heterocycles. The summed E-state index contributed by atoms with van der Waals surface area (Å²) in [5.41, 5.74) is 1.10. The minimum Gasteiger partial charge on any atom is -0.486 e. The number of benzene rings is 2. The molecule has 0 unspecified atom stereocenters. The number of nitrogens with one attached hydrogen (secondary N) is 1. The van der Waals surface area contributed by atoms with E-state index in [1.165, 1.54) is 21.3 Å². The second-order valence-corrected chi connectivity index (χ2v) is 11.4. The molecular weight excluding hydrogens is 513 g/mol. The number of amides is 2. The molecule has 0 spiro atoms. The lowest BCUT2D eigenvalue weighted by molar-refractivity contribution is -0.141. The van der Waals surface area contributed by atoms with Gasteiger partial charge in [-0.3, -0.25) is 13.9 Å². The molecule has 3 rings (SSSR count). The van der Waals surface area contributed by atoms with Crippen LogP contribution in [0.1, 0.15) is 45.6 Å². The fourth-order valence-electron chi connectivity index (χ4n) is 4.28. The zero-order valence-corrected chi connectivity index (χ0v) is 23.1. The van der Waals surface area contributed by atoms with E-state index in [0.29, 0.717) is 42.4 Å². The molecule has 0 fully saturated rings. The van der Waals surface area contributed by atoms with Gasteiger partial charge in [-0.1, -0.05) is 19.1 Å². The van der Waals surface area contributed by atoms with E-state index in [1.807, 2.05) is 20.8 Å². The predicted molar refractivity (Wildman–Crippen MR) is 143 cm³/mol. The minimum atomic E-state index is -3.65. The summed E-state index contributed by atoms with van der Waals surface area (Å²) < 4.78 is 51.0. The summed E-state index contributed by atoms with van der Waals surface area (Å²) in [5, 5.41) is 2.86. The molecule has 0 aromatic heterocycles. The molecule has 38 heavy (non-hydrogen) atoms. The van der Waals surface area contributed by atoms with E-state index in [0.717, 1.165) is 6.26 Å². The highest BCUT2D eigenvalue weighted by Crippen LogP contribution is 2.34. The summed E-state index contributed by atoms with van der Waals surface area (Å²) in [7, 11) is -3.65. The van der Waals surface area contributed by atoms with Crippen molar-refractivity contribution in [2.45, 2.75) is 58.7 Å². The maximum atomic E-state index is 13.4. The molecule has 1 aliphatic heterocycles. The van der Waals surface area contributed by atoms with Crippen LogP contribution in [0.4, 0.5) is 10.1 Å². The van der Waals surface area contributed by atoms with Crippen molar-refractivity contribution in [1.29, 1.82) is 0 Å². The third-order valence-electron chi connectivity index (χ3n) is 6.05. The van der Waals surface area contributed by atoms with E-state index in [9.17, 15) is 22.4 Å². The van der Waals surface area contributed by atoms with Crippen molar-refractivity contribution < 1.29 is 31.9 Å². The first-order chi connectivity index (χ1) is 18.0. The molecule has 208 valence electrons. The first kappa shape index (κ1) is 29.2. The number of hydrogen-bond acceptors (Lipinski definition) is 6. The number of sulfonamides is 1. The molecule has 1 N–H and O–H groups in total. The second-order valence-electron chi connectivity index (χ2n) is 9.50. The van der Waals surface area contributed by atoms with Gasteiger partial charge in [0.15, 0.2) is 11.5 Å². The number of nitrogens with zero attached hydrogens (tertiary/aromatic N) is 2. The van der Waals surface area contributed by atoms with Gasteiger partial charge in [0.1, 0.15) is 25.1 Å². The number of ether oxygens (including phenoxy) is 2. The number of carbonyl (C=O) groups is 2. The van der Waals surface area contributed by atoms with Crippen LogP contribution in [0.3, 0.4) is 0 Å². The summed E-state index contributed by atoms with van der Waals surface area (Å²) in [6.07, 6.45) is 1.74. The van der Waals surface area contributed by atoms with E-state index in [-0.39, 0.29) is 43.8 Å². The quantitative estimate of drug-likeness (QED) is 0.435. The van der Waals surface area contributed by atoms with Gasteiger partial charge in [-0.2, -0.15) is 0 Å². The van der Waals surface area contributed by atoms with Crippen LogP contribution in [0.25, 0.3) is 0 Å². The summed E-state index contributed by atoms with van der Waals surface area (Å²) in [6.45, 7) is 6.49. The standard InChI is InChI=1S/C27H36FN3O6S/c1-5-23(27(33)29-19(2)3)30(18-20-8-10-21(28)11-9-20)26(32)7-6-14-31(38(4,34)35)22-12-13-24-25(17-22)37-16-15-36-24/h8-13,17,19,23H,5-7,14-16,18H2,1-4H3,(H,29,33)/t23-/m1/s1. The Morgan fingerprint density at radius 1 is 1.05 bits per heavy atom. The molecule has 1 atom stereocenters. The minimum absolute atomic E-state index is 0.0171. The van der Waals surface area contributed by atoms with Gasteiger partial charge >= 0.3 is 0 Å². The monoisotopic (exact) mass is 549 g/mol. The average molecular weight is 550 g/mol. The van der Waals surface area contributed by atoms with E-state index in [2.05, 4.69) is 5.32 Å². The van der Waals surface area contributed by atoms with Gasteiger partial charge in [-0.05, 0) is 56.5 Å². The maximum absolute atomic E-state index is 13.4. The molecule has 11 heteroatoms. The first-order valence-corrected chi connectivity index (χ1v) is 14.6. The zero-order chi connectivity index (χ0) is 27.9. The molecule has 0 saturated carbocycles. The molecule has 0 aliphatic carbocycles. The van der Waals surface area contributed by atoms with Gasteiger partial charge < -0.3 is 19.7 Å². The van der Waals surface area contributed by atoms with Gasteiger partial charge in [-0.15, -0.1) is 0 Å². The zero-order valence-electron chi connectivity index (χ0n) is 22.3. The molecule has 9 nitrogen and oxygen atoms in total. The SMILES string of the molecule is CC[C@H](C(=O)NC(C)C)N(Cc1ccc(F)cc1)C(=O)CCCN(c1ccc2c(c1)OCCO2)S(C)(=O)=O. The molecular formula is C27H36FN3O6S. The normalized spacial score (nSPS) is 13.6. The Morgan fingerprint density at radius 3 is 2.32 bits per heavy atom. The van der Waals surface area contributed by atoms with Crippen molar-refractivity contribution in [2.75, 3.05) is 30.3 Å². The van der Waals surface area contributed by atoms with Gasteiger partial charge in [0.2, 0.25) is 21.8 Å². The highest BCUT2D eigenvalue weighted by atomic mass is 32.2. The van der Waals surface area contributed by atoms with Crippen molar-refractivity contribution >= 4 is 27.5 Å². The highest BCUT2D eigenvalue weighted by Gasteiger charge is 2.29. The Morgan fingerprint density at radius 2 is 1.71 bits per heavy atom. The van der Waals surface area contributed by atoms with Crippen molar-refractivity contribution in [3.8, 4) is 11.5 Å². The summed E-state index contributed by atoms with van der Waals surface area (Å²) in [6, 6.07) is 9.87. The van der Waals surface area contributed by atoms with Crippen LogP contribution in [0.2, 0.25) is 0 Å². The number of rotatable bonds is 12. The summed E-state index contributed by atoms with van der Waals surface area (Å²) in [5.74, 6) is 0.0511. The van der Waals surface area contributed by atoms with E-state index < -0.39 is 21.9 Å². The van der Waals surface area contributed by atoms with Gasteiger partial charge in [0.25, 0.3) is 0 Å². The Balaban J connectivity index is 1.76. The fraction of sp³-hybridized carbons (Fsp3) is 0.481. The van der Waals surface area contributed by atoms with Crippen LogP contribution >= 0.6 is 0 Å². The van der Waals surface area contributed by atoms with E-state index >= 15 is 0 Å². The van der Waals surface area contributed by atoms with Crippen molar-refractivity contribution in [1.82, 2.24) is 10.2 Å². The predicted octanol–water partition coefficient (Wildman–Crippen LogP) is 3.48. The first-order valence-electron chi connectivity index (χ1n) is 12.7. The lowest BCUT2D eigenvalue weighted by Crippen LogP contribution is -2.50. The number of hydrogen-bond donors (Lipinski definition) is 1. The maximum Gasteiger partial charge on any atom is 0.243 e. The Hall–Kier alpha value is -3.34. The molecule has 2 aromatic rings. The third-order valence-corrected chi connectivity index (χ3v) is 7.24. The third kappa shape index (κ3) is 7.83. The van der Waals surface area contributed by atoms with Crippen LogP contribution < -0.4 is 19.1 Å². The lowest BCUT2D eigenvalue weighted by atomic mass is 10.1. The van der Waals surface area contributed by atoms with Crippen LogP contribution in [0.5, 0.6) is 11.5 Å². The van der Waals surface area contributed by atoms with Gasteiger partial charge in [0.05, 0.1) is 11.9 Å². The van der Waals surface area contributed by atoms with E-state index in [1.54, 1.807) is 30.3 Å². The number of halogens is 1. The second kappa shape index (κ2) is 12.9. The molecule has 2 amide bonds.